The van der Waals surface area contributed by atoms with Crippen molar-refractivity contribution < 1.29 is 0 Å². The fraction of sp³-hybridized carbons (Fsp3) is 1.00. The molecule has 1 unspecified atom stereocenters. The Hall–Kier alpha value is -0.0400. The Bertz CT molecular complexity index is 142. The van der Waals surface area contributed by atoms with Gasteiger partial charge in [-0.2, -0.15) is 0 Å². The molecule has 0 amide bonds. The van der Waals surface area contributed by atoms with Gasteiger partial charge in [0.2, 0.25) is 0 Å². The molecule has 0 aromatic heterocycles. The van der Waals surface area contributed by atoms with Gasteiger partial charge < -0.3 is 5.73 Å². The maximum atomic E-state index is 6.09. The molecular formula is C12H25N. The van der Waals surface area contributed by atoms with Crippen LogP contribution in [0.1, 0.15) is 59.3 Å². The highest BCUT2D eigenvalue weighted by Gasteiger charge is 2.21. The predicted octanol–water partition coefficient (Wildman–Crippen LogP) is 3.33. The molecule has 1 rings (SSSR count). The molecule has 0 heterocycles. The van der Waals surface area contributed by atoms with Gasteiger partial charge in [0.1, 0.15) is 0 Å². The van der Waals surface area contributed by atoms with E-state index in [4.69, 9.17) is 5.73 Å². The summed E-state index contributed by atoms with van der Waals surface area (Å²) < 4.78 is 0. The standard InChI is InChI=1S/C12H25N/c1-12(2,3)8-7-11(13)9-10-5-4-6-10/h10-11H,4-9,13H2,1-3H3. The topological polar surface area (TPSA) is 26.0 Å². The van der Waals surface area contributed by atoms with Crippen molar-refractivity contribution in [3.8, 4) is 0 Å². The van der Waals surface area contributed by atoms with Crippen LogP contribution in [-0.2, 0) is 0 Å². The lowest BCUT2D eigenvalue weighted by Gasteiger charge is -2.29. The lowest BCUT2D eigenvalue weighted by atomic mass is 9.79. The molecule has 0 aromatic rings. The van der Waals surface area contributed by atoms with Crippen LogP contribution >= 0.6 is 0 Å². The summed E-state index contributed by atoms with van der Waals surface area (Å²) in [4.78, 5) is 0. The van der Waals surface area contributed by atoms with E-state index in [0.29, 0.717) is 11.5 Å². The zero-order chi connectivity index (χ0) is 9.90. The molecule has 0 saturated heterocycles. The molecule has 0 aliphatic heterocycles. The second-order valence-electron chi connectivity index (χ2n) is 5.89. The van der Waals surface area contributed by atoms with Gasteiger partial charge in [-0.1, -0.05) is 40.0 Å². The van der Waals surface area contributed by atoms with Gasteiger partial charge in [-0.15, -0.1) is 0 Å². The first-order valence-electron chi connectivity index (χ1n) is 5.73. The molecular weight excluding hydrogens is 158 g/mol. The van der Waals surface area contributed by atoms with Crippen LogP contribution in [0.2, 0.25) is 0 Å². The minimum atomic E-state index is 0.456. The van der Waals surface area contributed by atoms with Crippen molar-refractivity contribution >= 4 is 0 Å². The SMILES string of the molecule is CC(C)(C)CCC(N)CC1CCC1. The second-order valence-corrected chi connectivity index (χ2v) is 5.89. The molecule has 1 saturated carbocycles. The average molecular weight is 183 g/mol. The van der Waals surface area contributed by atoms with Gasteiger partial charge in [-0.3, -0.25) is 0 Å². The zero-order valence-corrected chi connectivity index (χ0v) is 9.47. The van der Waals surface area contributed by atoms with E-state index in [1.165, 1.54) is 38.5 Å². The average Bonchev–Trinajstić information content (AvgIpc) is 1.91. The van der Waals surface area contributed by atoms with E-state index in [1.54, 1.807) is 0 Å². The fourth-order valence-electron chi connectivity index (χ4n) is 1.89. The van der Waals surface area contributed by atoms with Gasteiger partial charge >= 0.3 is 0 Å². The molecule has 1 aliphatic carbocycles. The summed E-state index contributed by atoms with van der Waals surface area (Å²) in [5.74, 6) is 0.968. The summed E-state index contributed by atoms with van der Waals surface area (Å²) in [5, 5.41) is 0. The smallest absolute Gasteiger partial charge is 0.00416 e. The first-order chi connectivity index (χ1) is 5.97. The quantitative estimate of drug-likeness (QED) is 0.711. The first-order valence-corrected chi connectivity index (χ1v) is 5.73. The lowest BCUT2D eigenvalue weighted by molar-refractivity contribution is 0.257. The van der Waals surface area contributed by atoms with Gasteiger partial charge in [0.05, 0.1) is 0 Å². The Balaban J connectivity index is 2.06. The van der Waals surface area contributed by atoms with Crippen molar-refractivity contribution in [2.75, 3.05) is 0 Å². The first kappa shape index (κ1) is 11.0. The summed E-state index contributed by atoms with van der Waals surface area (Å²) >= 11 is 0. The van der Waals surface area contributed by atoms with E-state index in [1.807, 2.05) is 0 Å². The number of nitrogens with two attached hydrogens (primary N) is 1. The molecule has 13 heavy (non-hydrogen) atoms. The van der Waals surface area contributed by atoms with Gasteiger partial charge in [-0.05, 0) is 30.6 Å². The Morgan fingerprint density at radius 3 is 2.31 bits per heavy atom. The number of rotatable bonds is 4. The van der Waals surface area contributed by atoms with Gasteiger partial charge in [0.15, 0.2) is 0 Å². The fourth-order valence-corrected chi connectivity index (χ4v) is 1.89. The third kappa shape index (κ3) is 4.66. The largest absolute Gasteiger partial charge is 0.328 e. The van der Waals surface area contributed by atoms with Gasteiger partial charge in [-0.25, -0.2) is 0 Å². The summed E-state index contributed by atoms with van der Waals surface area (Å²) in [6.45, 7) is 6.88. The number of hydrogen-bond donors (Lipinski definition) is 1. The minimum absolute atomic E-state index is 0.456. The zero-order valence-electron chi connectivity index (χ0n) is 9.47. The third-order valence-electron chi connectivity index (χ3n) is 3.13. The summed E-state index contributed by atoms with van der Waals surface area (Å²) in [7, 11) is 0. The van der Waals surface area contributed by atoms with Crippen LogP contribution in [0, 0.1) is 11.3 Å². The molecule has 1 nitrogen and oxygen atoms in total. The summed E-state index contributed by atoms with van der Waals surface area (Å²) in [6, 6.07) is 0.463. The van der Waals surface area contributed by atoms with Crippen molar-refractivity contribution in [3.63, 3.8) is 0 Å². The summed E-state index contributed by atoms with van der Waals surface area (Å²) in [5.41, 5.74) is 6.55. The summed E-state index contributed by atoms with van der Waals surface area (Å²) in [6.07, 6.45) is 8.06. The molecule has 0 spiro atoms. The van der Waals surface area contributed by atoms with Crippen LogP contribution in [0.25, 0.3) is 0 Å². The normalized spacial score (nSPS) is 21.2. The van der Waals surface area contributed by atoms with Crippen LogP contribution < -0.4 is 5.73 Å². The van der Waals surface area contributed by atoms with Crippen LogP contribution in [0.5, 0.6) is 0 Å². The third-order valence-corrected chi connectivity index (χ3v) is 3.13. The van der Waals surface area contributed by atoms with Crippen molar-refractivity contribution in [2.45, 2.75) is 65.3 Å². The highest BCUT2D eigenvalue weighted by molar-refractivity contribution is 4.76. The van der Waals surface area contributed by atoms with E-state index in [2.05, 4.69) is 20.8 Å². The molecule has 2 N–H and O–H groups in total. The minimum Gasteiger partial charge on any atom is -0.328 e. The Morgan fingerprint density at radius 2 is 1.92 bits per heavy atom. The van der Waals surface area contributed by atoms with Crippen molar-refractivity contribution in [1.82, 2.24) is 0 Å². The molecule has 1 atom stereocenters. The maximum Gasteiger partial charge on any atom is 0.00416 e. The lowest BCUT2D eigenvalue weighted by Crippen LogP contribution is -2.27. The number of hydrogen-bond acceptors (Lipinski definition) is 1. The van der Waals surface area contributed by atoms with E-state index in [0.717, 1.165) is 5.92 Å². The Kier molecular flexibility index (Phi) is 3.78. The molecule has 1 heteroatoms. The van der Waals surface area contributed by atoms with Crippen LogP contribution in [-0.4, -0.2) is 6.04 Å². The second kappa shape index (κ2) is 4.45. The van der Waals surface area contributed by atoms with E-state index in [9.17, 15) is 0 Å². The Labute approximate surface area is 83.1 Å². The molecule has 0 aromatic carbocycles. The monoisotopic (exact) mass is 183 g/mol. The van der Waals surface area contributed by atoms with Crippen molar-refractivity contribution in [1.29, 1.82) is 0 Å². The van der Waals surface area contributed by atoms with E-state index in [-0.39, 0.29) is 0 Å². The predicted molar refractivity (Wildman–Crippen MR) is 58.6 cm³/mol. The molecule has 1 fully saturated rings. The van der Waals surface area contributed by atoms with Gasteiger partial charge in [0.25, 0.3) is 0 Å². The maximum absolute atomic E-state index is 6.09. The van der Waals surface area contributed by atoms with Crippen molar-refractivity contribution in [2.24, 2.45) is 17.1 Å². The highest BCUT2D eigenvalue weighted by atomic mass is 14.6. The van der Waals surface area contributed by atoms with Crippen LogP contribution in [0.4, 0.5) is 0 Å². The molecule has 78 valence electrons. The Morgan fingerprint density at radius 1 is 1.31 bits per heavy atom. The van der Waals surface area contributed by atoms with E-state index >= 15 is 0 Å². The van der Waals surface area contributed by atoms with Gasteiger partial charge in [0, 0.05) is 6.04 Å². The molecule has 0 bridgehead atoms. The highest BCUT2D eigenvalue weighted by Crippen LogP contribution is 2.31. The molecule has 1 aliphatic rings. The van der Waals surface area contributed by atoms with Crippen LogP contribution in [0.15, 0.2) is 0 Å². The van der Waals surface area contributed by atoms with Crippen molar-refractivity contribution in [3.05, 3.63) is 0 Å². The molecule has 0 radical (unpaired) electrons. The van der Waals surface area contributed by atoms with E-state index < -0.39 is 0 Å². The van der Waals surface area contributed by atoms with Crippen LogP contribution in [0.3, 0.4) is 0 Å².